The average molecular weight is 265 g/mol. The highest BCUT2D eigenvalue weighted by atomic mass is 32.1. The van der Waals surface area contributed by atoms with E-state index in [2.05, 4.69) is 31.3 Å². The maximum absolute atomic E-state index is 3.67. The molecule has 1 heterocycles. The predicted octanol–water partition coefficient (Wildman–Crippen LogP) is 4.93. The fourth-order valence-corrected chi connectivity index (χ4v) is 3.91. The number of rotatable bonds is 7. The highest BCUT2D eigenvalue weighted by Crippen LogP contribution is 2.28. The number of hydrogen-bond acceptors (Lipinski definition) is 2. The van der Waals surface area contributed by atoms with E-state index in [0.29, 0.717) is 6.04 Å². The smallest absolute Gasteiger partial charge is 0.0386 e. The quantitative estimate of drug-likeness (QED) is 0.689. The SMILES string of the molecule is CCc1ccc(C(C)NCCCC2CCCC2)s1. The molecule has 0 aliphatic heterocycles. The van der Waals surface area contributed by atoms with Gasteiger partial charge >= 0.3 is 0 Å². The molecule has 1 aliphatic carbocycles. The van der Waals surface area contributed by atoms with Gasteiger partial charge in [-0.3, -0.25) is 0 Å². The zero-order valence-corrected chi connectivity index (χ0v) is 12.7. The molecule has 1 saturated carbocycles. The van der Waals surface area contributed by atoms with Gasteiger partial charge in [0.05, 0.1) is 0 Å². The largest absolute Gasteiger partial charge is 0.309 e. The Hall–Kier alpha value is -0.340. The summed E-state index contributed by atoms with van der Waals surface area (Å²) in [4.78, 5) is 3.00. The monoisotopic (exact) mass is 265 g/mol. The van der Waals surface area contributed by atoms with Crippen LogP contribution in [0.3, 0.4) is 0 Å². The number of hydrogen-bond donors (Lipinski definition) is 1. The average Bonchev–Trinajstić information content (AvgIpc) is 3.05. The summed E-state index contributed by atoms with van der Waals surface area (Å²) in [5, 5.41) is 3.67. The molecule has 1 aliphatic rings. The van der Waals surface area contributed by atoms with Crippen molar-refractivity contribution in [2.75, 3.05) is 6.54 Å². The van der Waals surface area contributed by atoms with Crippen LogP contribution in [0.5, 0.6) is 0 Å². The van der Waals surface area contributed by atoms with Crippen LogP contribution in [-0.4, -0.2) is 6.54 Å². The molecule has 0 bridgehead atoms. The van der Waals surface area contributed by atoms with Gasteiger partial charge in [0.25, 0.3) is 0 Å². The molecular formula is C16H27NS. The van der Waals surface area contributed by atoms with Crippen molar-refractivity contribution in [3.8, 4) is 0 Å². The molecule has 102 valence electrons. The van der Waals surface area contributed by atoms with Crippen molar-refractivity contribution < 1.29 is 0 Å². The standard InChI is InChI=1S/C16H27NS/c1-3-15-10-11-16(18-15)13(2)17-12-6-9-14-7-4-5-8-14/h10-11,13-14,17H,3-9,12H2,1-2H3. The van der Waals surface area contributed by atoms with E-state index in [4.69, 9.17) is 0 Å². The third kappa shape index (κ3) is 4.10. The molecule has 1 aromatic rings. The molecule has 2 heteroatoms. The van der Waals surface area contributed by atoms with Crippen LogP contribution >= 0.6 is 11.3 Å². The first-order valence-electron chi connectivity index (χ1n) is 7.61. The van der Waals surface area contributed by atoms with Crippen molar-refractivity contribution in [3.63, 3.8) is 0 Å². The van der Waals surface area contributed by atoms with Gasteiger partial charge in [-0.2, -0.15) is 0 Å². The van der Waals surface area contributed by atoms with E-state index < -0.39 is 0 Å². The second-order valence-electron chi connectivity index (χ2n) is 5.63. The summed E-state index contributed by atoms with van der Waals surface area (Å²) in [6.07, 6.45) is 9.87. The van der Waals surface area contributed by atoms with Crippen molar-refractivity contribution >= 4 is 11.3 Å². The molecule has 1 unspecified atom stereocenters. The molecular weight excluding hydrogens is 238 g/mol. The van der Waals surface area contributed by atoms with Crippen molar-refractivity contribution in [2.45, 2.75) is 64.8 Å². The number of nitrogens with one attached hydrogen (secondary N) is 1. The fraction of sp³-hybridized carbons (Fsp3) is 0.750. The zero-order chi connectivity index (χ0) is 12.8. The summed E-state index contributed by atoms with van der Waals surface area (Å²) >= 11 is 1.96. The van der Waals surface area contributed by atoms with Gasteiger partial charge in [-0.05, 0) is 50.8 Å². The molecule has 1 nitrogen and oxygen atoms in total. The van der Waals surface area contributed by atoms with Crippen molar-refractivity contribution in [1.82, 2.24) is 5.32 Å². The van der Waals surface area contributed by atoms with Gasteiger partial charge in [0.15, 0.2) is 0 Å². The molecule has 0 radical (unpaired) electrons. The van der Waals surface area contributed by atoms with Crippen LogP contribution in [0.15, 0.2) is 12.1 Å². The Kier molecular flexibility index (Phi) is 5.71. The van der Waals surface area contributed by atoms with Gasteiger partial charge in [-0.1, -0.05) is 32.6 Å². The van der Waals surface area contributed by atoms with E-state index in [1.165, 1.54) is 61.2 Å². The van der Waals surface area contributed by atoms with E-state index in [-0.39, 0.29) is 0 Å². The molecule has 0 amide bonds. The highest BCUT2D eigenvalue weighted by Gasteiger charge is 2.14. The Balaban J connectivity index is 1.63. The first-order chi connectivity index (χ1) is 8.79. The van der Waals surface area contributed by atoms with Gasteiger partial charge in [0, 0.05) is 15.8 Å². The van der Waals surface area contributed by atoms with Crippen molar-refractivity contribution in [2.24, 2.45) is 5.92 Å². The maximum atomic E-state index is 3.67. The lowest BCUT2D eigenvalue weighted by molar-refractivity contribution is 0.457. The minimum atomic E-state index is 0.527. The van der Waals surface area contributed by atoms with Crippen LogP contribution in [0.1, 0.15) is 68.2 Å². The Morgan fingerprint density at radius 3 is 2.78 bits per heavy atom. The summed E-state index contributed by atoms with van der Waals surface area (Å²) in [5.41, 5.74) is 0. The maximum Gasteiger partial charge on any atom is 0.0386 e. The van der Waals surface area contributed by atoms with Gasteiger partial charge < -0.3 is 5.32 Å². The van der Waals surface area contributed by atoms with Gasteiger partial charge in [0.1, 0.15) is 0 Å². The number of thiophene rings is 1. The first kappa shape index (κ1) is 14.1. The summed E-state index contributed by atoms with van der Waals surface area (Å²) in [5.74, 6) is 1.04. The molecule has 1 fully saturated rings. The third-order valence-corrected chi connectivity index (χ3v) is 5.58. The Labute approximate surface area is 116 Å². The lowest BCUT2D eigenvalue weighted by atomic mass is 10.0. The van der Waals surface area contributed by atoms with Gasteiger partial charge in [-0.15, -0.1) is 11.3 Å². The van der Waals surface area contributed by atoms with Gasteiger partial charge in [-0.25, -0.2) is 0 Å². The Bertz CT molecular complexity index is 339. The van der Waals surface area contributed by atoms with Crippen LogP contribution < -0.4 is 5.32 Å². The van der Waals surface area contributed by atoms with Crippen LogP contribution in [-0.2, 0) is 6.42 Å². The number of aryl methyl sites for hydroxylation is 1. The second-order valence-corrected chi connectivity index (χ2v) is 6.83. The topological polar surface area (TPSA) is 12.0 Å². The molecule has 1 atom stereocenters. The lowest BCUT2D eigenvalue weighted by Crippen LogP contribution is -2.19. The van der Waals surface area contributed by atoms with E-state index in [0.717, 1.165) is 5.92 Å². The van der Waals surface area contributed by atoms with Crippen molar-refractivity contribution in [3.05, 3.63) is 21.9 Å². The zero-order valence-electron chi connectivity index (χ0n) is 11.9. The predicted molar refractivity (Wildman–Crippen MR) is 81.3 cm³/mol. The summed E-state index contributed by atoms with van der Waals surface area (Å²) < 4.78 is 0. The van der Waals surface area contributed by atoms with Crippen LogP contribution in [0.2, 0.25) is 0 Å². The molecule has 1 N–H and O–H groups in total. The summed E-state index contributed by atoms with van der Waals surface area (Å²) in [7, 11) is 0. The Morgan fingerprint density at radius 1 is 1.33 bits per heavy atom. The van der Waals surface area contributed by atoms with Crippen LogP contribution in [0.4, 0.5) is 0 Å². The Morgan fingerprint density at radius 2 is 2.11 bits per heavy atom. The molecule has 2 rings (SSSR count). The molecule has 18 heavy (non-hydrogen) atoms. The highest BCUT2D eigenvalue weighted by molar-refractivity contribution is 7.12. The van der Waals surface area contributed by atoms with E-state index >= 15 is 0 Å². The van der Waals surface area contributed by atoms with E-state index in [1.54, 1.807) is 0 Å². The summed E-state index contributed by atoms with van der Waals surface area (Å²) in [6, 6.07) is 5.09. The lowest BCUT2D eigenvalue weighted by Gasteiger charge is -2.13. The summed E-state index contributed by atoms with van der Waals surface area (Å²) in [6.45, 7) is 5.70. The van der Waals surface area contributed by atoms with Gasteiger partial charge in [0.2, 0.25) is 0 Å². The molecule has 0 saturated heterocycles. The normalized spacial score (nSPS) is 18.3. The van der Waals surface area contributed by atoms with E-state index in [1.807, 2.05) is 11.3 Å². The second kappa shape index (κ2) is 7.30. The molecule has 0 spiro atoms. The molecule has 1 aromatic heterocycles. The minimum absolute atomic E-state index is 0.527. The van der Waals surface area contributed by atoms with Crippen LogP contribution in [0, 0.1) is 5.92 Å². The molecule has 0 aromatic carbocycles. The fourth-order valence-electron chi connectivity index (χ4n) is 2.93. The van der Waals surface area contributed by atoms with E-state index in [9.17, 15) is 0 Å². The first-order valence-corrected chi connectivity index (χ1v) is 8.43. The minimum Gasteiger partial charge on any atom is -0.309 e. The van der Waals surface area contributed by atoms with Crippen molar-refractivity contribution in [1.29, 1.82) is 0 Å². The third-order valence-electron chi connectivity index (χ3n) is 4.17. The van der Waals surface area contributed by atoms with Crippen LogP contribution in [0.25, 0.3) is 0 Å².